The Bertz CT molecular complexity index is 514. The van der Waals surface area contributed by atoms with E-state index in [0.717, 1.165) is 31.5 Å². The highest BCUT2D eigenvalue weighted by molar-refractivity contribution is 7.90. The molecular weight excluding hydrogens is 286 g/mol. The number of hydrogen-bond donors (Lipinski definition) is 1. The third kappa shape index (κ3) is 5.30. The minimum absolute atomic E-state index is 0.509. The predicted octanol–water partition coefficient (Wildman–Crippen LogP) is 2.00. The van der Waals surface area contributed by atoms with Crippen LogP contribution in [0.25, 0.3) is 0 Å². The van der Waals surface area contributed by atoms with E-state index in [-0.39, 0.29) is 0 Å². The van der Waals surface area contributed by atoms with Crippen molar-refractivity contribution < 1.29 is 8.42 Å². The van der Waals surface area contributed by atoms with Crippen LogP contribution in [0.1, 0.15) is 25.3 Å². The van der Waals surface area contributed by atoms with Crippen molar-refractivity contribution in [2.45, 2.75) is 26.7 Å². The summed E-state index contributed by atoms with van der Waals surface area (Å²) in [4.78, 5) is 0. The molecule has 0 saturated carbocycles. The molecule has 0 bridgehead atoms. The van der Waals surface area contributed by atoms with E-state index < -0.39 is 10.2 Å². The molecule has 0 aliphatic rings. The fraction of sp³-hybridized carbons (Fsp3) is 0.600. The molecule has 0 atom stereocenters. The van der Waals surface area contributed by atoms with Gasteiger partial charge in [0.2, 0.25) is 0 Å². The summed E-state index contributed by atoms with van der Waals surface area (Å²) in [6.07, 6.45) is 1.89. The highest BCUT2D eigenvalue weighted by Crippen LogP contribution is 2.18. The Labute approximate surface area is 129 Å². The summed E-state index contributed by atoms with van der Waals surface area (Å²) in [6.45, 7) is 6.41. The summed E-state index contributed by atoms with van der Waals surface area (Å²) in [6, 6.07) is 7.47. The van der Waals surface area contributed by atoms with Crippen LogP contribution in [0.15, 0.2) is 24.3 Å². The van der Waals surface area contributed by atoms with Crippen LogP contribution in [0, 0.1) is 6.92 Å². The number of anilines is 1. The van der Waals surface area contributed by atoms with Gasteiger partial charge in [-0.2, -0.15) is 12.7 Å². The van der Waals surface area contributed by atoms with E-state index in [1.54, 1.807) is 14.1 Å². The van der Waals surface area contributed by atoms with Gasteiger partial charge in [0.25, 0.3) is 0 Å². The molecule has 0 amide bonds. The molecule has 1 aromatic carbocycles. The average Bonchev–Trinajstić information content (AvgIpc) is 2.46. The quantitative estimate of drug-likeness (QED) is 0.710. The molecule has 0 heterocycles. The average molecular weight is 313 g/mol. The lowest BCUT2D eigenvalue weighted by Gasteiger charge is -2.26. The predicted molar refractivity (Wildman–Crippen MR) is 88.9 cm³/mol. The molecule has 0 aliphatic carbocycles. The molecule has 21 heavy (non-hydrogen) atoms. The Morgan fingerprint density at radius 3 is 2.29 bits per heavy atom. The Morgan fingerprint density at radius 1 is 1.10 bits per heavy atom. The van der Waals surface area contributed by atoms with E-state index in [1.807, 2.05) is 31.2 Å². The number of hydrogen-bond acceptors (Lipinski definition) is 3. The SMILES string of the molecule is CCCNCCCN(C)S(=O)(=O)N(C)c1ccc(C)cc1. The smallest absolute Gasteiger partial charge is 0.303 e. The lowest BCUT2D eigenvalue weighted by atomic mass is 10.2. The second kappa shape index (κ2) is 8.36. The van der Waals surface area contributed by atoms with Crippen molar-refractivity contribution in [3.8, 4) is 0 Å². The van der Waals surface area contributed by atoms with E-state index in [1.165, 1.54) is 8.61 Å². The highest BCUT2D eigenvalue weighted by Gasteiger charge is 2.23. The molecule has 6 heteroatoms. The number of benzene rings is 1. The van der Waals surface area contributed by atoms with E-state index in [2.05, 4.69) is 12.2 Å². The fourth-order valence-corrected chi connectivity index (χ4v) is 3.11. The zero-order valence-electron chi connectivity index (χ0n) is 13.5. The first-order valence-corrected chi connectivity index (χ1v) is 8.77. The van der Waals surface area contributed by atoms with Crippen molar-refractivity contribution in [1.29, 1.82) is 0 Å². The molecule has 0 spiro atoms. The molecule has 1 aromatic rings. The van der Waals surface area contributed by atoms with E-state index in [4.69, 9.17) is 0 Å². The Kier molecular flexibility index (Phi) is 7.14. The fourth-order valence-electron chi connectivity index (χ4n) is 1.94. The van der Waals surface area contributed by atoms with Gasteiger partial charge in [-0.3, -0.25) is 4.31 Å². The van der Waals surface area contributed by atoms with Gasteiger partial charge >= 0.3 is 10.2 Å². The summed E-state index contributed by atoms with van der Waals surface area (Å²) in [5, 5.41) is 3.27. The van der Waals surface area contributed by atoms with Crippen molar-refractivity contribution in [1.82, 2.24) is 9.62 Å². The Hall–Kier alpha value is -1.11. The van der Waals surface area contributed by atoms with Crippen molar-refractivity contribution in [2.75, 3.05) is 38.0 Å². The number of nitrogens with zero attached hydrogens (tertiary/aromatic N) is 2. The highest BCUT2D eigenvalue weighted by atomic mass is 32.2. The molecular formula is C15H27N3O2S. The van der Waals surface area contributed by atoms with Gasteiger partial charge < -0.3 is 5.32 Å². The van der Waals surface area contributed by atoms with Gasteiger partial charge in [0, 0.05) is 20.6 Å². The van der Waals surface area contributed by atoms with Gasteiger partial charge in [0.1, 0.15) is 0 Å². The van der Waals surface area contributed by atoms with Crippen LogP contribution in [0.4, 0.5) is 5.69 Å². The molecule has 120 valence electrons. The van der Waals surface area contributed by atoms with Crippen molar-refractivity contribution in [3.05, 3.63) is 29.8 Å². The molecule has 0 aliphatic heterocycles. The molecule has 1 rings (SSSR count). The Balaban J connectivity index is 2.60. The lowest BCUT2D eigenvalue weighted by molar-refractivity contribution is 0.453. The van der Waals surface area contributed by atoms with Gasteiger partial charge in [0.05, 0.1) is 5.69 Å². The van der Waals surface area contributed by atoms with Crippen molar-refractivity contribution in [2.24, 2.45) is 0 Å². The first-order chi connectivity index (χ1) is 9.89. The molecule has 5 nitrogen and oxygen atoms in total. The second-order valence-corrected chi connectivity index (χ2v) is 7.30. The van der Waals surface area contributed by atoms with Gasteiger partial charge in [-0.15, -0.1) is 0 Å². The number of nitrogens with one attached hydrogen (secondary N) is 1. The summed E-state index contributed by atoms with van der Waals surface area (Å²) in [7, 11) is -0.245. The van der Waals surface area contributed by atoms with Crippen LogP contribution >= 0.6 is 0 Å². The topological polar surface area (TPSA) is 52.7 Å². The molecule has 0 radical (unpaired) electrons. The van der Waals surface area contributed by atoms with Crippen LogP contribution in [-0.2, 0) is 10.2 Å². The van der Waals surface area contributed by atoms with Crippen LogP contribution in [0.5, 0.6) is 0 Å². The van der Waals surface area contributed by atoms with Gasteiger partial charge in [0.15, 0.2) is 0 Å². The maximum atomic E-state index is 12.5. The molecule has 0 unspecified atom stereocenters. The zero-order valence-corrected chi connectivity index (χ0v) is 14.3. The van der Waals surface area contributed by atoms with E-state index in [9.17, 15) is 8.42 Å². The zero-order chi connectivity index (χ0) is 15.9. The van der Waals surface area contributed by atoms with E-state index >= 15 is 0 Å². The molecule has 0 fully saturated rings. The summed E-state index contributed by atoms with van der Waals surface area (Å²) >= 11 is 0. The van der Waals surface area contributed by atoms with Crippen molar-refractivity contribution >= 4 is 15.9 Å². The standard InChI is InChI=1S/C15H27N3O2S/c1-5-11-16-12-6-13-17(3)21(19,20)18(4)15-9-7-14(2)8-10-15/h7-10,16H,5-6,11-13H2,1-4H3. The van der Waals surface area contributed by atoms with Crippen LogP contribution in [0.2, 0.25) is 0 Å². The normalized spacial score (nSPS) is 11.9. The van der Waals surface area contributed by atoms with Crippen LogP contribution in [-0.4, -0.2) is 46.5 Å². The summed E-state index contributed by atoms with van der Waals surface area (Å²) in [5.41, 5.74) is 1.79. The van der Waals surface area contributed by atoms with Gasteiger partial charge in [-0.25, -0.2) is 0 Å². The van der Waals surface area contributed by atoms with Crippen LogP contribution < -0.4 is 9.62 Å². The maximum absolute atomic E-state index is 12.5. The summed E-state index contributed by atoms with van der Waals surface area (Å²) in [5.74, 6) is 0. The minimum Gasteiger partial charge on any atom is -0.317 e. The van der Waals surface area contributed by atoms with Gasteiger partial charge in [-0.05, 0) is 45.0 Å². The largest absolute Gasteiger partial charge is 0.317 e. The second-order valence-electron chi connectivity index (χ2n) is 5.24. The third-order valence-electron chi connectivity index (χ3n) is 3.39. The maximum Gasteiger partial charge on any atom is 0.303 e. The van der Waals surface area contributed by atoms with Crippen LogP contribution in [0.3, 0.4) is 0 Å². The molecule has 1 N–H and O–H groups in total. The van der Waals surface area contributed by atoms with Gasteiger partial charge in [-0.1, -0.05) is 24.6 Å². The molecule has 0 saturated heterocycles. The lowest BCUT2D eigenvalue weighted by Crippen LogP contribution is -2.40. The monoisotopic (exact) mass is 313 g/mol. The van der Waals surface area contributed by atoms with E-state index in [0.29, 0.717) is 12.2 Å². The summed E-state index contributed by atoms with van der Waals surface area (Å²) < 4.78 is 27.7. The number of rotatable bonds is 9. The first-order valence-electron chi connectivity index (χ1n) is 7.37. The minimum atomic E-state index is -3.46. The first kappa shape index (κ1) is 17.9. The van der Waals surface area contributed by atoms with Crippen molar-refractivity contribution in [3.63, 3.8) is 0 Å². The Morgan fingerprint density at radius 2 is 1.71 bits per heavy atom. The molecule has 0 aromatic heterocycles. The number of aryl methyl sites for hydroxylation is 1. The third-order valence-corrected chi connectivity index (χ3v) is 5.26.